The number of nitrogens with one attached hydrogen (secondary N) is 3. The summed E-state index contributed by atoms with van der Waals surface area (Å²) in [5, 5.41) is 8.10. The molecule has 7 nitrogen and oxygen atoms in total. The van der Waals surface area contributed by atoms with Crippen LogP contribution < -0.4 is 16.0 Å². The Morgan fingerprint density at radius 1 is 1.21 bits per heavy atom. The van der Waals surface area contributed by atoms with Crippen LogP contribution in [0.4, 0.5) is 10.5 Å². The predicted octanol–water partition coefficient (Wildman–Crippen LogP) is 1.38. The first-order chi connectivity index (χ1) is 11.2. The van der Waals surface area contributed by atoms with Gasteiger partial charge in [-0.3, -0.25) is 4.79 Å². The number of anilines is 1. The SMILES string of the molecule is CC(C)CNC(=O)c1ccc(NC(=O)N[C@H]2CCS(=O)(=O)C2)cc1. The Morgan fingerprint density at radius 3 is 2.42 bits per heavy atom. The Morgan fingerprint density at radius 2 is 1.88 bits per heavy atom. The molecule has 1 aliphatic rings. The fraction of sp³-hybridized carbons (Fsp3) is 0.500. The lowest BCUT2D eigenvalue weighted by Gasteiger charge is -2.12. The molecule has 0 spiro atoms. The van der Waals surface area contributed by atoms with E-state index in [0.29, 0.717) is 30.1 Å². The van der Waals surface area contributed by atoms with Crippen molar-refractivity contribution in [1.82, 2.24) is 10.6 Å². The second-order valence-corrected chi connectivity index (χ2v) is 8.61. The van der Waals surface area contributed by atoms with Gasteiger partial charge in [0, 0.05) is 23.8 Å². The second-order valence-electron chi connectivity index (χ2n) is 6.38. The number of carbonyl (C=O) groups excluding carboxylic acids is 2. The van der Waals surface area contributed by atoms with Crippen molar-refractivity contribution in [2.45, 2.75) is 26.3 Å². The Kier molecular flexibility index (Phi) is 5.82. The van der Waals surface area contributed by atoms with E-state index in [1.54, 1.807) is 24.3 Å². The number of carbonyl (C=O) groups is 2. The van der Waals surface area contributed by atoms with Crippen molar-refractivity contribution in [1.29, 1.82) is 0 Å². The lowest BCUT2D eigenvalue weighted by atomic mass is 10.1. The summed E-state index contributed by atoms with van der Waals surface area (Å²) in [6.07, 6.45) is 0.435. The van der Waals surface area contributed by atoms with E-state index in [-0.39, 0.29) is 23.5 Å². The molecule has 1 saturated heterocycles. The fourth-order valence-corrected chi connectivity index (χ4v) is 4.04. The molecule has 132 valence electrons. The minimum atomic E-state index is -3.03. The number of rotatable bonds is 5. The Bertz CT molecular complexity index is 699. The van der Waals surface area contributed by atoms with Gasteiger partial charge < -0.3 is 16.0 Å². The summed E-state index contributed by atoms with van der Waals surface area (Å²) >= 11 is 0. The number of hydrogen-bond donors (Lipinski definition) is 3. The third-order valence-electron chi connectivity index (χ3n) is 3.64. The Balaban J connectivity index is 1.85. The van der Waals surface area contributed by atoms with E-state index >= 15 is 0 Å². The maximum Gasteiger partial charge on any atom is 0.319 e. The van der Waals surface area contributed by atoms with Crippen LogP contribution in [-0.2, 0) is 9.84 Å². The molecule has 0 unspecified atom stereocenters. The number of amides is 3. The van der Waals surface area contributed by atoms with Gasteiger partial charge in [0.25, 0.3) is 5.91 Å². The van der Waals surface area contributed by atoms with Crippen LogP contribution in [0.3, 0.4) is 0 Å². The third-order valence-corrected chi connectivity index (χ3v) is 5.41. The van der Waals surface area contributed by atoms with Crippen molar-refractivity contribution in [3.8, 4) is 0 Å². The molecule has 8 heteroatoms. The summed E-state index contributed by atoms with van der Waals surface area (Å²) in [5.74, 6) is 0.307. The van der Waals surface area contributed by atoms with Crippen molar-refractivity contribution < 1.29 is 18.0 Å². The molecular formula is C16H23N3O4S. The molecule has 3 amide bonds. The first-order valence-electron chi connectivity index (χ1n) is 7.91. The van der Waals surface area contributed by atoms with Gasteiger partial charge in [-0.2, -0.15) is 0 Å². The van der Waals surface area contributed by atoms with E-state index in [1.165, 1.54) is 0 Å². The molecular weight excluding hydrogens is 330 g/mol. The van der Waals surface area contributed by atoms with Gasteiger partial charge in [-0.05, 0) is 36.6 Å². The lowest BCUT2D eigenvalue weighted by molar-refractivity contribution is 0.0949. The zero-order chi connectivity index (χ0) is 17.7. The van der Waals surface area contributed by atoms with Gasteiger partial charge in [-0.1, -0.05) is 13.8 Å². The second kappa shape index (κ2) is 7.65. The molecule has 0 radical (unpaired) electrons. The zero-order valence-electron chi connectivity index (χ0n) is 13.8. The molecule has 1 heterocycles. The minimum Gasteiger partial charge on any atom is -0.352 e. The summed E-state index contributed by atoms with van der Waals surface area (Å²) in [6.45, 7) is 4.63. The van der Waals surface area contributed by atoms with Gasteiger partial charge >= 0.3 is 6.03 Å². The first-order valence-corrected chi connectivity index (χ1v) is 9.73. The minimum absolute atomic E-state index is 0.0185. The highest BCUT2D eigenvalue weighted by atomic mass is 32.2. The van der Waals surface area contributed by atoms with Crippen LogP contribution in [0, 0.1) is 5.92 Å². The fourth-order valence-electron chi connectivity index (χ4n) is 2.37. The van der Waals surface area contributed by atoms with E-state index in [9.17, 15) is 18.0 Å². The van der Waals surface area contributed by atoms with Gasteiger partial charge in [0.2, 0.25) is 0 Å². The van der Waals surface area contributed by atoms with E-state index in [0.717, 1.165) is 0 Å². The molecule has 1 aliphatic heterocycles. The Hall–Kier alpha value is -2.09. The molecule has 0 aromatic heterocycles. The standard InChI is InChI=1S/C16H23N3O4S/c1-11(2)9-17-15(20)12-3-5-13(6-4-12)18-16(21)19-14-7-8-24(22,23)10-14/h3-6,11,14H,7-10H2,1-2H3,(H,17,20)(H2,18,19,21)/t14-/m0/s1. The Labute approximate surface area is 142 Å². The highest BCUT2D eigenvalue weighted by Crippen LogP contribution is 2.13. The van der Waals surface area contributed by atoms with Crippen LogP contribution in [0.2, 0.25) is 0 Å². The molecule has 1 aromatic carbocycles. The quantitative estimate of drug-likeness (QED) is 0.744. The average molecular weight is 353 g/mol. The van der Waals surface area contributed by atoms with Crippen LogP contribution in [0.25, 0.3) is 0 Å². The van der Waals surface area contributed by atoms with Gasteiger partial charge in [0.05, 0.1) is 11.5 Å². The maximum atomic E-state index is 11.9. The molecule has 2 rings (SSSR count). The number of urea groups is 1. The van der Waals surface area contributed by atoms with Crippen molar-refractivity contribution >= 4 is 27.5 Å². The van der Waals surface area contributed by atoms with Crippen molar-refractivity contribution in [2.75, 3.05) is 23.4 Å². The normalized spacial score (nSPS) is 19.0. The van der Waals surface area contributed by atoms with E-state index in [2.05, 4.69) is 16.0 Å². The largest absolute Gasteiger partial charge is 0.352 e. The number of sulfone groups is 1. The lowest BCUT2D eigenvalue weighted by Crippen LogP contribution is -2.38. The third kappa shape index (κ3) is 5.52. The molecule has 3 N–H and O–H groups in total. The number of benzene rings is 1. The van der Waals surface area contributed by atoms with Crippen LogP contribution in [0.5, 0.6) is 0 Å². The van der Waals surface area contributed by atoms with Crippen LogP contribution in [0.1, 0.15) is 30.6 Å². The smallest absolute Gasteiger partial charge is 0.319 e. The van der Waals surface area contributed by atoms with Gasteiger partial charge in [-0.25, -0.2) is 13.2 Å². The zero-order valence-corrected chi connectivity index (χ0v) is 14.7. The molecule has 24 heavy (non-hydrogen) atoms. The van der Waals surface area contributed by atoms with Gasteiger partial charge in [0.15, 0.2) is 9.84 Å². The summed E-state index contributed by atoms with van der Waals surface area (Å²) in [5.41, 5.74) is 1.05. The maximum absolute atomic E-state index is 11.9. The van der Waals surface area contributed by atoms with E-state index in [4.69, 9.17) is 0 Å². The van der Waals surface area contributed by atoms with Gasteiger partial charge in [0.1, 0.15) is 0 Å². The van der Waals surface area contributed by atoms with Crippen molar-refractivity contribution in [3.63, 3.8) is 0 Å². The van der Waals surface area contributed by atoms with Crippen LogP contribution in [0.15, 0.2) is 24.3 Å². The number of hydrogen-bond acceptors (Lipinski definition) is 4. The molecule has 1 fully saturated rings. The summed E-state index contributed by atoms with van der Waals surface area (Å²) in [7, 11) is -3.03. The molecule has 1 atom stereocenters. The van der Waals surface area contributed by atoms with Gasteiger partial charge in [-0.15, -0.1) is 0 Å². The average Bonchev–Trinajstić information content (AvgIpc) is 2.84. The monoisotopic (exact) mass is 353 g/mol. The topological polar surface area (TPSA) is 104 Å². The summed E-state index contributed by atoms with van der Waals surface area (Å²) in [4.78, 5) is 23.8. The van der Waals surface area contributed by atoms with Crippen LogP contribution >= 0.6 is 0 Å². The van der Waals surface area contributed by atoms with Crippen molar-refractivity contribution in [3.05, 3.63) is 29.8 Å². The molecule has 0 saturated carbocycles. The molecule has 0 bridgehead atoms. The molecule has 0 aliphatic carbocycles. The highest BCUT2D eigenvalue weighted by molar-refractivity contribution is 7.91. The van der Waals surface area contributed by atoms with Crippen molar-refractivity contribution in [2.24, 2.45) is 5.92 Å². The van der Waals surface area contributed by atoms with E-state index < -0.39 is 15.9 Å². The van der Waals surface area contributed by atoms with Crippen LogP contribution in [-0.4, -0.2) is 44.4 Å². The first kappa shape index (κ1) is 18.3. The molecule has 1 aromatic rings. The highest BCUT2D eigenvalue weighted by Gasteiger charge is 2.28. The summed E-state index contributed by atoms with van der Waals surface area (Å²) in [6, 6.07) is 5.73. The van der Waals surface area contributed by atoms with E-state index in [1.807, 2.05) is 13.8 Å². The predicted molar refractivity (Wildman–Crippen MR) is 92.8 cm³/mol. The summed E-state index contributed by atoms with van der Waals surface area (Å²) < 4.78 is 22.7.